The molecular formula is C21H27IN4O3S. The Labute approximate surface area is 194 Å². The topological polar surface area (TPSA) is 79.5 Å². The minimum atomic E-state index is -0.578. The van der Waals surface area contributed by atoms with Crippen LogP contribution in [0.15, 0.2) is 30.0 Å². The van der Waals surface area contributed by atoms with E-state index in [9.17, 15) is 10.1 Å². The normalized spacial score (nSPS) is 13.1. The number of carbonyl (C=O) groups excluding carboxylic acids is 1. The van der Waals surface area contributed by atoms with Gasteiger partial charge < -0.3 is 14.4 Å². The number of methoxy groups -OCH3 is 1. The van der Waals surface area contributed by atoms with Crippen molar-refractivity contribution in [3.8, 4) is 6.07 Å². The molecular weight excluding hydrogens is 515 g/mol. The second-order valence-corrected chi connectivity index (χ2v) is 9.75. The van der Waals surface area contributed by atoms with Crippen molar-refractivity contribution < 1.29 is 14.3 Å². The highest BCUT2D eigenvalue weighted by atomic mass is 127. The second kappa shape index (κ2) is 9.94. The van der Waals surface area contributed by atoms with Crippen LogP contribution in [0.4, 0.5) is 10.5 Å². The predicted octanol–water partition coefficient (Wildman–Crippen LogP) is 5.80. The van der Waals surface area contributed by atoms with Gasteiger partial charge in [0.05, 0.1) is 22.9 Å². The first kappa shape index (κ1) is 24.4. The van der Waals surface area contributed by atoms with Crippen molar-refractivity contribution in [3.05, 3.63) is 41.2 Å². The Bertz CT molecular complexity index is 1000. The summed E-state index contributed by atoms with van der Waals surface area (Å²) in [6.07, 6.45) is 0.741. The molecule has 162 valence electrons. The van der Waals surface area contributed by atoms with Gasteiger partial charge in [0, 0.05) is 68.8 Å². The van der Waals surface area contributed by atoms with Crippen LogP contribution in [0.3, 0.4) is 0 Å². The molecule has 9 heteroatoms. The number of nitrogens with zero attached hydrogens (tertiary/aromatic N) is 3. The number of aryl methyl sites for hydroxylation is 1. The van der Waals surface area contributed by atoms with Crippen molar-refractivity contribution in [3.63, 3.8) is 0 Å². The highest BCUT2D eigenvalue weighted by Crippen LogP contribution is 2.37. The fraction of sp³-hybridized carbons (Fsp3) is 0.429. The number of aromatic nitrogens is 1. The molecule has 0 saturated heterocycles. The number of nitrogens with one attached hydrogen (secondary N) is 1. The molecule has 0 aliphatic carbocycles. The van der Waals surface area contributed by atoms with Gasteiger partial charge in [0.2, 0.25) is 0 Å². The van der Waals surface area contributed by atoms with Gasteiger partial charge in [-0.15, -0.1) is 0 Å². The van der Waals surface area contributed by atoms with Gasteiger partial charge in [0.25, 0.3) is 0 Å². The Kier molecular flexibility index (Phi) is 8.07. The number of hydrogen-bond acceptors (Lipinski definition) is 6. The zero-order valence-corrected chi connectivity index (χ0v) is 21.2. The summed E-state index contributed by atoms with van der Waals surface area (Å²) in [5.74, 6) is 0. The van der Waals surface area contributed by atoms with E-state index < -0.39 is 17.8 Å². The fourth-order valence-electron chi connectivity index (χ4n) is 3.02. The first-order chi connectivity index (χ1) is 14.0. The van der Waals surface area contributed by atoms with Gasteiger partial charge in [-0.05, 0) is 51.5 Å². The lowest BCUT2D eigenvalue weighted by Gasteiger charge is -2.20. The first-order valence-corrected chi connectivity index (χ1v) is 12.6. The van der Waals surface area contributed by atoms with E-state index in [4.69, 9.17) is 9.47 Å². The average Bonchev–Trinajstić information content (AvgIpc) is 2.96. The molecule has 1 aromatic heterocycles. The smallest absolute Gasteiger partial charge is 0.412 e. The number of hydrogen-bond donors (Lipinski definition) is 1. The number of nitriles is 1. The minimum absolute atomic E-state index is 0.499. The maximum atomic E-state index is 12.2. The van der Waals surface area contributed by atoms with Gasteiger partial charge in [0.1, 0.15) is 11.7 Å². The molecule has 1 amide bonds. The van der Waals surface area contributed by atoms with Crippen molar-refractivity contribution in [1.29, 1.82) is 5.26 Å². The number of carbonyl (C=O) groups is 1. The molecule has 1 heterocycles. The number of anilines is 1. The molecule has 0 saturated carbocycles. The predicted molar refractivity (Wildman–Crippen MR) is 131 cm³/mol. The van der Waals surface area contributed by atoms with Crippen LogP contribution >= 0.6 is 30.3 Å². The molecule has 1 aromatic carbocycles. The lowest BCUT2D eigenvalue weighted by molar-refractivity contribution is 0.0636. The van der Waals surface area contributed by atoms with E-state index in [0.29, 0.717) is 11.3 Å². The van der Waals surface area contributed by atoms with Crippen LogP contribution < -0.4 is 5.32 Å². The highest BCUT2D eigenvalue weighted by molar-refractivity contribution is 14.2. The maximum absolute atomic E-state index is 12.2. The third-order valence-corrected chi connectivity index (χ3v) is 5.88. The SMILES string of the molecule is COC(/C(C#N)=C/N(C)C)c1cc2cc(C)c(NC(=O)OC(C)(C)C)cc2n1SI. The second-order valence-electron chi connectivity index (χ2n) is 8.06. The van der Waals surface area contributed by atoms with E-state index >= 15 is 0 Å². The molecule has 0 fully saturated rings. The number of fused-ring (bicyclic) bond motifs is 1. The van der Waals surface area contributed by atoms with Crippen molar-refractivity contribution >= 4 is 53.0 Å². The molecule has 2 rings (SSSR count). The van der Waals surface area contributed by atoms with Crippen LogP contribution in [0.5, 0.6) is 0 Å². The molecule has 0 bridgehead atoms. The van der Waals surface area contributed by atoms with Crippen LogP contribution in [-0.2, 0) is 9.47 Å². The van der Waals surface area contributed by atoms with E-state index in [1.807, 2.05) is 68.9 Å². The van der Waals surface area contributed by atoms with Crippen molar-refractivity contribution in [2.75, 3.05) is 26.5 Å². The van der Waals surface area contributed by atoms with E-state index in [2.05, 4.69) is 32.6 Å². The molecule has 0 spiro atoms. The van der Waals surface area contributed by atoms with Gasteiger partial charge in [-0.2, -0.15) is 5.26 Å². The van der Waals surface area contributed by atoms with E-state index in [1.54, 1.807) is 13.3 Å². The molecule has 30 heavy (non-hydrogen) atoms. The molecule has 7 nitrogen and oxygen atoms in total. The van der Waals surface area contributed by atoms with Gasteiger partial charge in [-0.1, -0.05) is 0 Å². The Hall–Kier alpha value is -1.90. The van der Waals surface area contributed by atoms with E-state index in [1.165, 1.54) is 9.12 Å². The highest BCUT2D eigenvalue weighted by Gasteiger charge is 2.24. The molecule has 1 atom stereocenters. The number of ether oxygens (including phenoxy) is 2. The molecule has 0 aliphatic heterocycles. The lowest BCUT2D eigenvalue weighted by atomic mass is 10.1. The van der Waals surface area contributed by atoms with E-state index in [0.717, 1.165) is 22.2 Å². The van der Waals surface area contributed by atoms with Crippen LogP contribution in [0.2, 0.25) is 0 Å². The van der Waals surface area contributed by atoms with Crippen LogP contribution in [-0.4, -0.2) is 41.8 Å². The molecule has 1 N–H and O–H groups in total. The zero-order chi connectivity index (χ0) is 22.6. The zero-order valence-electron chi connectivity index (χ0n) is 18.2. The molecule has 0 radical (unpaired) electrons. The summed E-state index contributed by atoms with van der Waals surface area (Å²) in [6, 6.07) is 8.18. The molecule has 0 aliphatic rings. The third-order valence-electron chi connectivity index (χ3n) is 4.15. The largest absolute Gasteiger partial charge is 0.444 e. The van der Waals surface area contributed by atoms with Crippen LogP contribution in [0.25, 0.3) is 10.9 Å². The Morgan fingerprint density at radius 1 is 1.37 bits per heavy atom. The Morgan fingerprint density at radius 3 is 2.53 bits per heavy atom. The standard InChI is InChI=1S/C21H27IN4O3S/c1-13-8-14-9-18(19(28-7)15(11-23)12-25(5)6)26(30-22)17(14)10-16(13)24-20(27)29-21(2,3)4/h8-10,12,19H,1-7H3,(H,24,27)/b15-12+. The molecule has 2 aromatic rings. The average molecular weight is 542 g/mol. The summed E-state index contributed by atoms with van der Waals surface area (Å²) >= 11 is 2.20. The third kappa shape index (κ3) is 5.83. The van der Waals surface area contributed by atoms with Crippen LogP contribution in [0.1, 0.15) is 38.1 Å². The Morgan fingerprint density at radius 2 is 2.03 bits per heavy atom. The number of amides is 1. The summed E-state index contributed by atoms with van der Waals surface area (Å²) < 4.78 is 13.1. The van der Waals surface area contributed by atoms with E-state index in [-0.39, 0.29) is 0 Å². The van der Waals surface area contributed by atoms with Crippen molar-refractivity contribution in [1.82, 2.24) is 8.87 Å². The summed E-state index contributed by atoms with van der Waals surface area (Å²) in [5, 5.41) is 13.5. The molecule has 1 unspecified atom stereocenters. The summed E-state index contributed by atoms with van der Waals surface area (Å²) in [4.78, 5) is 14.1. The number of benzene rings is 1. The Balaban J connectivity index is 2.55. The van der Waals surface area contributed by atoms with Gasteiger partial charge >= 0.3 is 6.09 Å². The summed E-state index contributed by atoms with van der Waals surface area (Å²) in [7, 11) is 6.80. The first-order valence-electron chi connectivity index (χ1n) is 9.26. The summed E-state index contributed by atoms with van der Waals surface area (Å²) in [6.45, 7) is 7.41. The van der Waals surface area contributed by atoms with Gasteiger partial charge in [-0.3, -0.25) is 9.29 Å². The maximum Gasteiger partial charge on any atom is 0.412 e. The van der Waals surface area contributed by atoms with Crippen LogP contribution in [0, 0.1) is 18.3 Å². The number of halogens is 1. The lowest BCUT2D eigenvalue weighted by Crippen LogP contribution is -2.27. The monoisotopic (exact) mass is 542 g/mol. The fourth-order valence-corrected chi connectivity index (χ4v) is 4.79. The quantitative estimate of drug-likeness (QED) is 0.367. The van der Waals surface area contributed by atoms with Gasteiger partial charge in [0.15, 0.2) is 0 Å². The van der Waals surface area contributed by atoms with Crippen molar-refractivity contribution in [2.45, 2.75) is 39.4 Å². The summed E-state index contributed by atoms with van der Waals surface area (Å²) in [5.41, 5.74) is 3.26. The van der Waals surface area contributed by atoms with Crippen molar-refractivity contribution in [2.24, 2.45) is 0 Å². The van der Waals surface area contributed by atoms with Gasteiger partial charge in [-0.25, -0.2) is 4.79 Å². The number of rotatable bonds is 6. The minimum Gasteiger partial charge on any atom is -0.444 e.